The van der Waals surface area contributed by atoms with E-state index in [1.807, 2.05) is 50.2 Å². The summed E-state index contributed by atoms with van der Waals surface area (Å²) in [6, 6.07) is 11.5. The average Bonchev–Trinajstić information content (AvgIpc) is 2.99. The molecule has 8 heteroatoms. The van der Waals surface area contributed by atoms with Crippen LogP contribution in [0, 0.1) is 9.49 Å². The van der Waals surface area contributed by atoms with Crippen molar-refractivity contribution in [1.29, 1.82) is 0 Å². The van der Waals surface area contributed by atoms with Crippen molar-refractivity contribution in [2.75, 3.05) is 5.32 Å². The summed E-state index contributed by atoms with van der Waals surface area (Å²) in [6.07, 6.45) is 0.429. The number of aromatic nitrogens is 1. The van der Waals surface area contributed by atoms with Gasteiger partial charge in [-0.2, -0.15) is 0 Å². The van der Waals surface area contributed by atoms with Crippen LogP contribution in [-0.2, 0) is 4.79 Å². The lowest BCUT2D eigenvalue weighted by atomic mass is 10.1. The van der Waals surface area contributed by atoms with E-state index in [1.165, 1.54) is 0 Å². The van der Waals surface area contributed by atoms with Crippen LogP contribution in [-0.4, -0.2) is 16.0 Å². The molecule has 0 aliphatic rings. The lowest BCUT2D eigenvalue weighted by Crippen LogP contribution is -2.34. The SMILES string of the molecule is CC(C)CC(=O)NC(=S)Nc1ccc2oc(-c3cc(I)ccc3Br)nc2c1. The van der Waals surface area contributed by atoms with Crippen molar-refractivity contribution in [2.24, 2.45) is 5.92 Å². The Kier molecular flexibility index (Phi) is 6.48. The Morgan fingerprint density at radius 3 is 2.81 bits per heavy atom. The summed E-state index contributed by atoms with van der Waals surface area (Å²) in [7, 11) is 0. The van der Waals surface area contributed by atoms with E-state index in [0.717, 1.165) is 19.3 Å². The van der Waals surface area contributed by atoms with Crippen molar-refractivity contribution in [3.05, 3.63) is 44.4 Å². The van der Waals surface area contributed by atoms with Gasteiger partial charge in [0.15, 0.2) is 10.7 Å². The molecule has 0 unspecified atom stereocenters. The molecule has 1 aromatic heterocycles. The number of thiocarbonyl (C=S) groups is 1. The van der Waals surface area contributed by atoms with E-state index in [1.54, 1.807) is 0 Å². The Balaban J connectivity index is 1.79. The Bertz CT molecular complexity index is 1020. The Morgan fingerprint density at radius 1 is 1.30 bits per heavy atom. The molecule has 3 rings (SSSR count). The maximum atomic E-state index is 11.8. The van der Waals surface area contributed by atoms with Gasteiger partial charge in [0.1, 0.15) is 5.52 Å². The first-order chi connectivity index (χ1) is 12.8. The molecule has 1 amide bonds. The minimum absolute atomic E-state index is 0.101. The Hall–Kier alpha value is -1.52. The van der Waals surface area contributed by atoms with Gasteiger partial charge >= 0.3 is 0 Å². The second kappa shape index (κ2) is 8.66. The zero-order valence-corrected chi connectivity index (χ0v) is 19.2. The highest BCUT2D eigenvalue weighted by Crippen LogP contribution is 2.32. The minimum atomic E-state index is -0.101. The van der Waals surface area contributed by atoms with Crippen LogP contribution >= 0.6 is 50.7 Å². The molecular weight excluding hydrogens is 541 g/mol. The van der Waals surface area contributed by atoms with Crippen LogP contribution in [0.1, 0.15) is 20.3 Å². The largest absolute Gasteiger partial charge is 0.436 e. The maximum absolute atomic E-state index is 11.8. The van der Waals surface area contributed by atoms with Gasteiger partial charge in [0.05, 0.1) is 5.56 Å². The third kappa shape index (κ3) is 5.26. The zero-order valence-electron chi connectivity index (χ0n) is 14.7. The summed E-state index contributed by atoms with van der Waals surface area (Å²) in [5.74, 6) is 0.717. The summed E-state index contributed by atoms with van der Waals surface area (Å²) >= 11 is 11.0. The van der Waals surface area contributed by atoms with Crippen LogP contribution in [0.2, 0.25) is 0 Å². The molecule has 1 heterocycles. The molecule has 2 N–H and O–H groups in total. The number of nitrogens with one attached hydrogen (secondary N) is 2. The number of hydrogen-bond donors (Lipinski definition) is 2. The number of carbonyl (C=O) groups excluding carboxylic acids is 1. The van der Waals surface area contributed by atoms with Gasteiger partial charge < -0.3 is 15.1 Å². The number of carbonyl (C=O) groups is 1. The van der Waals surface area contributed by atoms with Crippen LogP contribution in [0.5, 0.6) is 0 Å². The quantitative estimate of drug-likeness (QED) is 0.317. The predicted octanol–water partition coefficient (Wildman–Crippen LogP) is 5.72. The first-order valence-electron chi connectivity index (χ1n) is 8.28. The summed E-state index contributed by atoms with van der Waals surface area (Å²) < 4.78 is 7.90. The molecule has 140 valence electrons. The highest BCUT2D eigenvalue weighted by molar-refractivity contribution is 14.1. The molecule has 5 nitrogen and oxygen atoms in total. The minimum Gasteiger partial charge on any atom is -0.436 e. The number of amides is 1. The molecule has 2 aromatic carbocycles. The van der Waals surface area contributed by atoms with Crippen molar-refractivity contribution >= 4 is 78.5 Å². The number of benzene rings is 2. The summed E-state index contributed by atoms with van der Waals surface area (Å²) in [5, 5.41) is 5.97. The fourth-order valence-electron chi connectivity index (χ4n) is 2.49. The second-order valence-corrected chi connectivity index (χ2v) is 8.93. The highest BCUT2D eigenvalue weighted by atomic mass is 127. The molecule has 0 aliphatic carbocycles. The van der Waals surface area contributed by atoms with Gasteiger partial charge in [0.2, 0.25) is 11.8 Å². The van der Waals surface area contributed by atoms with Crippen molar-refractivity contribution in [3.8, 4) is 11.5 Å². The molecule has 27 heavy (non-hydrogen) atoms. The summed E-state index contributed by atoms with van der Waals surface area (Å²) in [6.45, 7) is 3.97. The van der Waals surface area contributed by atoms with E-state index in [-0.39, 0.29) is 16.9 Å². The number of hydrogen-bond acceptors (Lipinski definition) is 4. The van der Waals surface area contributed by atoms with Crippen molar-refractivity contribution in [3.63, 3.8) is 0 Å². The average molecular weight is 558 g/mol. The normalized spacial score (nSPS) is 11.0. The van der Waals surface area contributed by atoms with Gasteiger partial charge in [-0.15, -0.1) is 0 Å². The van der Waals surface area contributed by atoms with Gasteiger partial charge in [-0.05, 0) is 93.1 Å². The fraction of sp³-hybridized carbons (Fsp3) is 0.211. The monoisotopic (exact) mass is 557 g/mol. The molecule has 0 aliphatic heterocycles. The number of halogens is 2. The molecule has 0 saturated heterocycles. The zero-order chi connectivity index (χ0) is 19.6. The smallest absolute Gasteiger partial charge is 0.228 e. The van der Waals surface area contributed by atoms with Gasteiger partial charge in [-0.25, -0.2) is 4.98 Å². The molecule has 0 fully saturated rings. The summed E-state index contributed by atoms with van der Waals surface area (Å²) in [5.41, 5.74) is 3.01. The number of rotatable bonds is 4. The van der Waals surface area contributed by atoms with Crippen molar-refractivity contribution in [2.45, 2.75) is 20.3 Å². The fourth-order valence-corrected chi connectivity index (χ4v) is 3.63. The lowest BCUT2D eigenvalue weighted by Gasteiger charge is -2.10. The Labute approximate surface area is 184 Å². The molecule has 0 bridgehead atoms. The predicted molar refractivity (Wildman–Crippen MR) is 124 cm³/mol. The van der Waals surface area contributed by atoms with Crippen molar-refractivity contribution < 1.29 is 9.21 Å². The van der Waals surface area contributed by atoms with Gasteiger partial charge in [0.25, 0.3) is 0 Å². The van der Waals surface area contributed by atoms with E-state index in [0.29, 0.717) is 23.4 Å². The van der Waals surface area contributed by atoms with Gasteiger partial charge in [-0.3, -0.25) is 4.79 Å². The van der Waals surface area contributed by atoms with Gasteiger partial charge in [0, 0.05) is 20.2 Å². The van der Waals surface area contributed by atoms with Crippen LogP contribution in [0.3, 0.4) is 0 Å². The first kappa shape index (κ1) is 20.2. The van der Waals surface area contributed by atoms with E-state index < -0.39 is 0 Å². The lowest BCUT2D eigenvalue weighted by molar-refractivity contribution is -0.120. The standard InChI is InChI=1S/C19H17BrIN3O2S/c1-10(2)7-17(25)24-19(27)22-12-4-6-16-15(9-12)23-18(26-16)13-8-11(21)3-5-14(13)20/h3-6,8-10H,7H2,1-2H3,(H2,22,24,25,27). The van der Waals surface area contributed by atoms with Gasteiger partial charge in [-0.1, -0.05) is 13.8 Å². The van der Waals surface area contributed by atoms with Crippen LogP contribution < -0.4 is 10.6 Å². The van der Waals surface area contributed by atoms with Crippen LogP contribution in [0.4, 0.5) is 5.69 Å². The highest BCUT2D eigenvalue weighted by Gasteiger charge is 2.13. The van der Waals surface area contributed by atoms with Crippen molar-refractivity contribution in [1.82, 2.24) is 10.3 Å². The number of oxazole rings is 1. The molecule has 3 aromatic rings. The topological polar surface area (TPSA) is 67.2 Å². The Morgan fingerprint density at radius 2 is 2.07 bits per heavy atom. The first-order valence-corrected chi connectivity index (χ1v) is 10.6. The molecule has 0 radical (unpaired) electrons. The molecule has 0 atom stereocenters. The van der Waals surface area contributed by atoms with Crippen LogP contribution in [0.25, 0.3) is 22.6 Å². The van der Waals surface area contributed by atoms with E-state index in [9.17, 15) is 4.79 Å². The number of anilines is 1. The number of nitrogens with zero attached hydrogens (tertiary/aromatic N) is 1. The van der Waals surface area contributed by atoms with E-state index in [4.69, 9.17) is 16.6 Å². The third-order valence-electron chi connectivity index (χ3n) is 3.65. The molecule has 0 spiro atoms. The molecule has 0 saturated carbocycles. The maximum Gasteiger partial charge on any atom is 0.228 e. The number of fused-ring (bicyclic) bond motifs is 1. The van der Waals surface area contributed by atoms with E-state index >= 15 is 0 Å². The molecular formula is C19H17BrIN3O2S. The van der Waals surface area contributed by atoms with Crippen LogP contribution in [0.15, 0.2) is 45.3 Å². The van der Waals surface area contributed by atoms with E-state index in [2.05, 4.69) is 54.1 Å². The third-order valence-corrected chi connectivity index (χ3v) is 5.22. The summed E-state index contributed by atoms with van der Waals surface area (Å²) in [4.78, 5) is 16.4. The second-order valence-electron chi connectivity index (χ2n) is 6.43.